The Kier molecular flexibility index (Phi) is 5.68. The first-order valence-electron chi connectivity index (χ1n) is 7.28. The fourth-order valence-electron chi connectivity index (χ4n) is 2.71. The molecule has 1 aromatic carbocycles. The van der Waals surface area contributed by atoms with Crippen molar-refractivity contribution < 1.29 is 14.2 Å². The third kappa shape index (κ3) is 3.87. The molecule has 0 aliphatic carbocycles. The minimum atomic E-state index is 0.252. The van der Waals surface area contributed by atoms with Gasteiger partial charge < -0.3 is 19.5 Å². The van der Waals surface area contributed by atoms with Crippen molar-refractivity contribution in [3.8, 4) is 11.5 Å². The van der Waals surface area contributed by atoms with Gasteiger partial charge in [-0.15, -0.1) is 0 Å². The van der Waals surface area contributed by atoms with E-state index in [1.807, 2.05) is 13.1 Å². The molecule has 1 heterocycles. The molecular formula is C16H25NO3. The molecule has 2 unspecified atom stereocenters. The Morgan fingerprint density at radius 2 is 1.90 bits per heavy atom. The molecule has 0 bridgehead atoms. The SMILES string of the molecule is CNC(CC1CCCCO1)c1cc(OC)cc(OC)c1. The molecule has 1 fully saturated rings. The molecular weight excluding hydrogens is 254 g/mol. The summed E-state index contributed by atoms with van der Waals surface area (Å²) in [7, 11) is 5.34. The lowest BCUT2D eigenvalue weighted by Crippen LogP contribution is -2.27. The van der Waals surface area contributed by atoms with Gasteiger partial charge in [-0.3, -0.25) is 0 Å². The van der Waals surface area contributed by atoms with E-state index in [-0.39, 0.29) is 6.04 Å². The summed E-state index contributed by atoms with van der Waals surface area (Å²) in [6.45, 7) is 0.891. The van der Waals surface area contributed by atoms with Gasteiger partial charge >= 0.3 is 0 Å². The maximum atomic E-state index is 5.84. The molecule has 4 nitrogen and oxygen atoms in total. The molecule has 4 heteroatoms. The van der Waals surface area contributed by atoms with E-state index in [1.165, 1.54) is 18.4 Å². The summed E-state index contributed by atoms with van der Waals surface area (Å²) in [5, 5.41) is 3.38. The molecule has 0 spiro atoms. The predicted octanol–water partition coefficient (Wildman–Crippen LogP) is 2.92. The van der Waals surface area contributed by atoms with Crippen LogP contribution in [0.5, 0.6) is 11.5 Å². The summed E-state index contributed by atoms with van der Waals surface area (Å²) in [5.41, 5.74) is 1.18. The first-order valence-corrected chi connectivity index (χ1v) is 7.28. The highest BCUT2D eigenvalue weighted by Crippen LogP contribution is 2.30. The number of methoxy groups -OCH3 is 2. The number of hydrogen-bond acceptors (Lipinski definition) is 4. The number of rotatable bonds is 6. The average Bonchev–Trinajstić information content (AvgIpc) is 2.53. The van der Waals surface area contributed by atoms with Crippen molar-refractivity contribution >= 4 is 0 Å². The number of nitrogens with one attached hydrogen (secondary N) is 1. The van der Waals surface area contributed by atoms with Gasteiger partial charge in [-0.05, 0) is 50.4 Å². The van der Waals surface area contributed by atoms with Crippen molar-refractivity contribution in [3.63, 3.8) is 0 Å². The summed E-state index contributed by atoms with van der Waals surface area (Å²) in [6, 6.07) is 6.27. The molecule has 0 amide bonds. The first kappa shape index (κ1) is 15.1. The van der Waals surface area contributed by atoms with Crippen LogP contribution in [0, 0.1) is 0 Å². The molecule has 0 aromatic heterocycles. The number of hydrogen-bond donors (Lipinski definition) is 1. The van der Waals surface area contributed by atoms with Crippen molar-refractivity contribution in [3.05, 3.63) is 23.8 Å². The second-order valence-electron chi connectivity index (χ2n) is 5.21. The zero-order chi connectivity index (χ0) is 14.4. The normalized spacial score (nSPS) is 20.4. The van der Waals surface area contributed by atoms with Crippen LogP contribution < -0.4 is 14.8 Å². The van der Waals surface area contributed by atoms with E-state index < -0.39 is 0 Å². The Bertz CT molecular complexity index is 394. The first-order chi connectivity index (χ1) is 9.76. The maximum absolute atomic E-state index is 5.84. The van der Waals surface area contributed by atoms with Crippen LogP contribution in [0.25, 0.3) is 0 Å². The van der Waals surface area contributed by atoms with Crippen molar-refractivity contribution in [2.24, 2.45) is 0 Å². The van der Waals surface area contributed by atoms with Crippen LogP contribution in [-0.4, -0.2) is 34.0 Å². The Labute approximate surface area is 121 Å². The molecule has 0 saturated carbocycles. The minimum Gasteiger partial charge on any atom is -0.497 e. The smallest absolute Gasteiger partial charge is 0.122 e. The summed E-state index contributed by atoms with van der Waals surface area (Å²) in [6.07, 6.45) is 4.93. The molecule has 20 heavy (non-hydrogen) atoms. The monoisotopic (exact) mass is 279 g/mol. The predicted molar refractivity (Wildman–Crippen MR) is 79.6 cm³/mol. The van der Waals surface area contributed by atoms with E-state index in [1.54, 1.807) is 14.2 Å². The van der Waals surface area contributed by atoms with Crippen LogP contribution in [-0.2, 0) is 4.74 Å². The summed E-state index contributed by atoms with van der Waals surface area (Å²) in [5.74, 6) is 1.65. The van der Waals surface area contributed by atoms with E-state index >= 15 is 0 Å². The fraction of sp³-hybridized carbons (Fsp3) is 0.625. The summed E-state index contributed by atoms with van der Waals surface area (Å²) < 4.78 is 16.5. The molecule has 2 atom stereocenters. The number of benzene rings is 1. The van der Waals surface area contributed by atoms with Gasteiger partial charge in [-0.1, -0.05) is 0 Å². The molecule has 0 radical (unpaired) electrons. The van der Waals surface area contributed by atoms with Gasteiger partial charge in [0.25, 0.3) is 0 Å². The fourth-order valence-corrected chi connectivity index (χ4v) is 2.71. The highest BCUT2D eigenvalue weighted by atomic mass is 16.5. The van der Waals surface area contributed by atoms with Gasteiger partial charge in [-0.25, -0.2) is 0 Å². The van der Waals surface area contributed by atoms with Crippen molar-refractivity contribution in [2.45, 2.75) is 37.8 Å². The minimum absolute atomic E-state index is 0.252. The van der Waals surface area contributed by atoms with Crippen LogP contribution in [0.1, 0.15) is 37.3 Å². The summed E-state index contributed by atoms with van der Waals surface area (Å²) >= 11 is 0. The molecule has 112 valence electrons. The summed E-state index contributed by atoms with van der Waals surface area (Å²) in [4.78, 5) is 0. The molecule has 1 aliphatic rings. The largest absolute Gasteiger partial charge is 0.497 e. The third-order valence-electron chi connectivity index (χ3n) is 3.90. The standard InChI is InChI=1S/C16H25NO3/c1-17-16(11-13-6-4-5-7-20-13)12-8-14(18-2)10-15(9-12)19-3/h8-10,13,16-17H,4-7,11H2,1-3H3. The van der Waals surface area contributed by atoms with Gasteiger partial charge in [0, 0.05) is 18.7 Å². The van der Waals surface area contributed by atoms with Crippen LogP contribution in [0.3, 0.4) is 0 Å². The lowest BCUT2D eigenvalue weighted by Gasteiger charge is -2.27. The molecule has 1 N–H and O–H groups in total. The van der Waals surface area contributed by atoms with E-state index in [4.69, 9.17) is 14.2 Å². The average molecular weight is 279 g/mol. The highest BCUT2D eigenvalue weighted by molar-refractivity contribution is 5.39. The molecule has 2 rings (SSSR count). The van der Waals surface area contributed by atoms with E-state index in [2.05, 4.69) is 17.4 Å². The maximum Gasteiger partial charge on any atom is 0.122 e. The van der Waals surface area contributed by atoms with Gasteiger partial charge in [-0.2, -0.15) is 0 Å². The van der Waals surface area contributed by atoms with Gasteiger partial charge in [0.1, 0.15) is 11.5 Å². The molecule has 1 aromatic rings. The van der Waals surface area contributed by atoms with E-state index in [0.29, 0.717) is 6.10 Å². The second kappa shape index (κ2) is 7.50. The van der Waals surface area contributed by atoms with Crippen molar-refractivity contribution in [1.82, 2.24) is 5.32 Å². The second-order valence-corrected chi connectivity index (χ2v) is 5.21. The molecule has 1 aliphatic heterocycles. The van der Waals surface area contributed by atoms with Gasteiger partial charge in [0.15, 0.2) is 0 Å². The van der Waals surface area contributed by atoms with Crippen LogP contribution >= 0.6 is 0 Å². The van der Waals surface area contributed by atoms with Crippen LogP contribution in [0.2, 0.25) is 0 Å². The topological polar surface area (TPSA) is 39.7 Å². The Hall–Kier alpha value is -1.26. The van der Waals surface area contributed by atoms with Gasteiger partial charge in [0.05, 0.1) is 20.3 Å². The number of ether oxygens (including phenoxy) is 3. The van der Waals surface area contributed by atoms with Crippen molar-refractivity contribution in [1.29, 1.82) is 0 Å². The zero-order valence-electron chi connectivity index (χ0n) is 12.6. The molecule has 1 saturated heterocycles. The lowest BCUT2D eigenvalue weighted by atomic mass is 9.96. The lowest BCUT2D eigenvalue weighted by molar-refractivity contribution is 0.00546. The zero-order valence-corrected chi connectivity index (χ0v) is 12.6. The van der Waals surface area contributed by atoms with Crippen LogP contribution in [0.15, 0.2) is 18.2 Å². The highest BCUT2D eigenvalue weighted by Gasteiger charge is 2.20. The Morgan fingerprint density at radius 1 is 1.20 bits per heavy atom. The third-order valence-corrected chi connectivity index (χ3v) is 3.90. The Balaban J connectivity index is 2.12. The van der Waals surface area contributed by atoms with Crippen molar-refractivity contribution in [2.75, 3.05) is 27.9 Å². The Morgan fingerprint density at radius 3 is 2.40 bits per heavy atom. The van der Waals surface area contributed by atoms with Crippen LogP contribution in [0.4, 0.5) is 0 Å². The van der Waals surface area contributed by atoms with E-state index in [0.717, 1.165) is 30.9 Å². The quantitative estimate of drug-likeness (QED) is 0.869. The van der Waals surface area contributed by atoms with Gasteiger partial charge in [0.2, 0.25) is 0 Å². The van der Waals surface area contributed by atoms with E-state index in [9.17, 15) is 0 Å².